The summed E-state index contributed by atoms with van der Waals surface area (Å²) in [6, 6.07) is 20.1. The van der Waals surface area contributed by atoms with Crippen molar-refractivity contribution in [3.05, 3.63) is 90.5 Å². The summed E-state index contributed by atoms with van der Waals surface area (Å²) in [7, 11) is 0. The van der Waals surface area contributed by atoms with E-state index in [4.69, 9.17) is 0 Å². The van der Waals surface area contributed by atoms with Gasteiger partial charge in [-0.2, -0.15) is 0 Å². The minimum atomic E-state index is 0.0993. The maximum atomic E-state index is 13.1. The van der Waals surface area contributed by atoms with Crippen molar-refractivity contribution in [1.82, 2.24) is 9.13 Å². The molecule has 0 atom stereocenters. The van der Waals surface area contributed by atoms with E-state index in [2.05, 4.69) is 23.3 Å². The molecule has 0 saturated carbocycles. The second-order valence-corrected chi connectivity index (χ2v) is 6.70. The van der Waals surface area contributed by atoms with E-state index in [0.717, 1.165) is 33.7 Å². The van der Waals surface area contributed by atoms with Gasteiger partial charge >= 0.3 is 0 Å². The number of hydrogen-bond acceptors (Lipinski definition) is 1. The van der Waals surface area contributed by atoms with E-state index < -0.39 is 0 Å². The van der Waals surface area contributed by atoms with E-state index in [9.17, 15) is 4.79 Å². The van der Waals surface area contributed by atoms with Crippen molar-refractivity contribution in [2.45, 2.75) is 20.4 Å². The van der Waals surface area contributed by atoms with E-state index in [-0.39, 0.29) is 5.78 Å². The first-order valence-corrected chi connectivity index (χ1v) is 8.99. The number of para-hydroxylation sites is 3. The molecule has 0 aliphatic heterocycles. The first kappa shape index (κ1) is 17.0. The van der Waals surface area contributed by atoms with Crippen LogP contribution < -0.4 is 4.57 Å². The molecule has 0 bridgehead atoms. The number of Topliss-reactive ketones (excluding diaryl/α,β-unsaturated/α-hetero) is 1. The number of imidazole rings is 1. The Labute approximate surface area is 158 Å². The molecule has 0 aliphatic rings. The summed E-state index contributed by atoms with van der Waals surface area (Å²) in [5, 5.41) is 0. The van der Waals surface area contributed by atoms with Gasteiger partial charge in [-0.3, -0.25) is 4.79 Å². The highest BCUT2D eigenvalue weighted by molar-refractivity contribution is 5.97. The molecule has 4 heteroatoms. The summed E-state index contributed by atoms with van der Waals surface area (Å²) in [6.45, 7) is 8.19. The van der Waals surface area contributed by atoms with Crippen LogP contribution >= 0.6 is 0 Å². The number of benzene rings is 2. The minimum Gasteiger partial charge on any atom is -0.318 e. The van der Waals surface area contributed by atoms with E-state index in [0.29, 0.717) is 6.54 Å². The number of aromatic nitrogens is 3. The van der Waals surface area contributed by atoms with Crippen LogP contribution in [0.15, 0.2) is 73.6 Å². The first-order chi connectivity index (χ1) is 13.1. The second kappa shape index (κ2) is 6.72. The topological polar surface area (TPSA) is 30.8 Å². The number of hydrogen-bond donors (Lipinski definition) is 0. The molecule has 0 saturated heterocycles. The normalized spacial score (nSPS) is 11.0. The SMILES string of the molecule is C=Cn1c[n+](CC(=O)c2cc(C)n(-c3ccccc3)c2C)c2ccccc21. The van der Waals surface area contributed by atoms with E-state index in [1.54, 1.807) is 6.20 Å². The molecule has 27 heavy (non-hydrogen) atoms. The maximum absolute atomic E-state index is 13.1. The fourth-order valence-corrected chi connectivity index (χ4v) is 3.73. The standard InChI is InChI=1S/C23H22N3O/c1-4-24-16-25(22-13-9-8-12-21(22)24)15-23(27)20-14-17(2)26(18(20)3)19-10-6-5-7-11-19/h4-14,16H,1,15H2,2-3H3/q+1. The molecule has 4 nitrogen and oxygen atoms in total. The third-order valence-electron chi connectivity index (χ3n) is 4.99. The van der Waals surface area contributed by atoms with Crippen LogP contribution in [0, 0.1) is 13.8 Å². The van der Waals surface area contributed by atoms with E-state index >= 15 is 0 Å². The third-order valence-corrected chi connectivity index (χ3v) is 4.99. The molecule has 0 radical (unpaired) electrons. The van der Waals surface area contributed by atoms with Crippen LogP contribution in [0.5, 0.6) is 0 Å². The van der Waals surface area contributed by atoms with E-state index in [1.807, 2.05) is 77.8 Å². The molecule has 4 aromatic rings. The van der Waals surface area contributed by atoms with Gasteiger partial charge in [0.1, 0.15) is 0 Å². The molecule has 0 aliphatic carbocycles. The third kappa shape index (κ3) is 2.89. The lowest BCUT2D eigenvalue weighted by Gasteiger charge is -2.09. The summed E-state index contributed by atoms with van der Waals surface area (Å²) in [5.74, 6) is 0.0993. The second-order valence-electron chi connectivity index (χ2n) is 6.70. The highest BCUT2D eigenvalue weighted by Gasteiger charge is 2.21. The lowest BCUT2D eigenvalue weighted by molar-refractivity contribution is -0.657. The summed E-state index contributed by atoms with van der Waals surface area (Å²) >= 11 is 0. The Hall–Kier alpha value is -3.40. The van der Waals surface area contributed by atoms with Crippen molar-refractivity contribution < 1.29 is 9.36 Å². The molecule has 2 aromatic carbocycles. The number of rotatable bonds is 5. The highest BCUT2D eigenvalue weighted by Crippen LogP contribution is 2.21. The maximum Gasteiger partial charge on any atom is 0.249 e. The molecule has 0 N–H and O–H groups in total. The molecule has 0 spiro atoms. The molecular formula is C23H22N3O+. The Morgan fingerprint density at radius 3 is 2.52 bits per heavy atom. The molecule has 2 heterocycles. The van der Waals surface area contributed by atoms with Crippen LogP contribution in [0.4, 0.5) is 0 Å². The zero-order chi connectivity index (χ0) is 19.0. The van der Waals surface area contributed by atoms with Gasteiger partial charge in [-0.1, -0.05) is 36.9 Å². The van der Waals surface area contributed by atoms with Gasteiger partial charge in [-0.05, 0) is 44.2 Å². The number of aryl methyl sites for hydroxylation is 1. The van der Waals surface area contributed by atoms with Crippen LogP contribution in [0.25, 0.3) is 22.9 Å². The Balaban J connectivity index is 1.72. The quantitative estimate of drug-likeness (QED) is 0.387. The molecule has 4 rings (SSSR count). The van der Waals surface area contributed by atoms with Gasteiger partial charge in [0.05, 0.1) is 6.20 Å². The molecule has 0 fully saturated rings. The van der Waals surface area contributed by atoms with E-state index in [1.165, 1.54) is 0 Å². The number of ketones is 1. The smallest absolute Gasteiger partial charge is 0.249 e. The number of carbonyl (C=O) groups is 1. The minimum absolute atomic E-state index is 0.0993. The Morgan fingerprint density at radius 1 is 1.07 bits per heavy atom. The molecule has 2 aromatic heterocycles. The number of nitrogens with zero attached hydrogens (tertiary/aromatic N) is 3. The van der Waals surface area contributed by atoms with Gasteiger partial charge in [0.15, 0.2) is 17.6 Å². The van der Waals surface area contributed by atoms with Gasteiger partial charge < -0.3 is 4.57 Å². The van der Waals surface area contributed by atoms with Crippen molar-refractivity contribution in [1.29, 1.82) is 0 Å². The zero-order valence-corrected chi connectivity index (χ0v) is 15.6. The Kier molecular flexibility index (Phi) is 4.24. The predicted octanol–water partition coefficient (Wildman–Crippen LogP) is 4.32. The Bertz CT molecular complexity index is 1150. The fourth-order valence-electron chi connectivity index (χ4n) is 3.73. The monoisotopic (exact) mass is 356 g/mol. The van der Waals surface area contributed by atoms with Crippen LogP contribution in [-0.2, 0) is 6.54 Å². The van der Waals surface area contributed by atoms with Crippen molar-refractivity contribution in [3.8, 4) is 5.69 Å². The average Bonchev–Trinajstić information content (AvgIpc) is 3.19. The summed E-state index contributed by atoms with van der Waals surface area (Å²) in [4.78, 5) is 13.1. The van der Waals surface area contributed by atoms with Crippen LogP contribution in [-0.4, -0.2) is 14.9 Å². The lowest BCUT2D eigenvalue weighted by Crippen LogP contribution is -2.36. The lowest BCUT2D eigenvalue weighted by atomic mass is 10.1. The molecule has 134 valence electrons. The number of carbonyl (C=O) groups excluding carboxylic acids is 1. The number of fused-ring (bicyclic) bond motifs is 1. The van der Waals surface area contributed by atoms with Crippen molar-refractivity contribution in [2.24, 2.45) is 0 Å². The summed E-state index contributed by atoms with van der Waals surface area (Å²) in [5.41, 5.74) is 5.91. The zero-order valence-electron chi connectivity index (χ0n) is 15.6. The molecule has 0 amide bonds. The van der Waals surface area contributed by atoms with Gasteiger partial charge in [0, 0.05) is 22.6 Å². The predicted molar refractivity (Wildman–Crippen MR) is 108 cm³/mol. The van der Waals surface area contributed by atoms with Crippen LogP contribution in [0.2, 0.25) is 0 Å². The van der Waals surface area contributed by atoms with Crippen molar-refractivity contribution >= 4 is 23.0 Å². The van der Waals surface area contributed by atoms with Crippen LogP contribution in [0.1, 0.15) is 21.7 Å². The molecular weight excluding hydrogens is 334 g/mol. The highest BCUT2D eigenvalue weighted by atomic mass is 16.1. The van der Waals surface area contributed by atoms with Crippen molar-refractivity contribution in [3.63, 3.8) is 0 Å². The van der Waals surface area contributed by atoms with Crippen molar-refractivity contribution in [2.75, 3.05) is 0 Å². The van der Waals surface area contributed by atoms with Gasteiger partial charge in [-0.25, -0.2) is 9.13 Å². The van der Waals surface area contributed by atoms with Crippen LogP contribution in [0.3, 0.4) is 0 Å². The fraction of sp³-hybridized carbons (Fsp3) is 0.130. The average molecular weight is 356 g/mol. The summed E-state index contributed by atoms with van der Waals surface area (Å²) < 4.78 is 6.05. The summed E-state index contributed by atoms with van der Waals surface area (Å²) in [6.07, 6.45) is 3.68. The Morgan fingerprint density at radius 2 is 1.78 bits per heavy atom. The molecule has 0 unspecified atom stereocenters. The largest absolute Gasteiger partial charge is 0.318 e. The van der Waals surface area contributed by atoms with Gasteiger partial charge in [0.25, 0.3) is 0 Å². The first-order valence-electron chi connectivity index (χ1n) is 8.99. The van der Waals surface area contributed by atoms with Gasteiger partial charge in [0.2, 0.25) is 12.1 Å². The van der Waals surface area contributed by atoms with Gasteiger partial charge in [-0.15, -0.1) is 0 Å².